The molecule has 66 valence electrons. The number of aromatic nitrogens is 3. The molecular formula is C9H9N3O. The lowest BCUT2D eigenvalue weighted by molar-refractivity contribution is 0.921. The molecule has 0 aliphatic rings. The Morgan fingerprint density at radius 3 is 3.00 bits per heavy atom. The van der Waals surface area contributed by atoms with Crippen LogP contribution in [0.3, 0.4) is 0 Å². The number of pyridine rings is 1. The van der Waals surface area contributed by atoms with Gasteiger partial charge in [0.25, 0.3) is 5.56 Å². The van der Waals surface area contributed by atoms with Crippen LogP contribution in [-0.4, -0.2) is 14.5 Å². The van der Waals surface area contributed by atoms with Crippen LogP contribution in [0.25, 0.3) is 11.4 Å². The molecule has 0 saturated carbocycles. The van der Waals surface area contributed by atoms with E-state index in [4.69, 9.17) is 0 Å². The second kappa shape index (κ2) is 2.90. The number of H-pyrrole nitrogens is 1. The van der Waals surface area contributed by atoms with Gasteiger partial charge in [0, 0.05) is 25.6 Å². The van der Waals surface area contributed by atoms with Gasteiger partial charge in [0.05, 0.1) is 5.56 Å². The molecule has 4 heteroatoms. The summed E-state index contributed by atoms with van der Waals surface area (Å²) in [5.74, 6) is 0.682. The zero-order valence-corrected chi connectivity index (χ0v) is 7.19. The maximum absolute atomic E-state index is 11.4. The number of nitrogens with zero attached hydrogens (tertiary/aromatic N) is 2. The normalized spacial score (nSPS) is 10.2. The molecule has 2 rings (SSSR count). The first-order chi connectivity index (χ1) is 6.29. The molecule has 0 fully saturated rings. The second-order valence-corrected chi connectivity index (χ2v) is 2.77. The minimum atomic E-state index is -0.114. The minimum Gasteiger partial charge on any atom is -0.334 e. The van der Waals surface area contributed by atoms with E-state index < -0.39 is 0 Å². The SMILES string of the molecule is Cn1ccnc1-c1ccc[nH]c1=O. The molecule has 0 saturated heterocycles. The number of imidazole rings is 1. The molecule has 0 radical (unpaired) electrons. The Bertz CT molecular complexity index is 469. The standard InChI is InChI=1S/C9H9N3O/c1-12-6-5-10-8(12)7-3-2-4-11-9(7)13/h2-6H,1H3,(H,11,13). The molecule has 2 heterocycles. The molecule has 0 aromatic carbocycles. The van der Waals surface area contributed by atoms with Gasteiger partial charge in [-0.1, -0.05) is 0 Å². The number of rotatable bonds is 1. The third kappa shape index (κ3) is 1.26. The van der Waals surface area contributed by atoms with E-state index in [1.165, 1.54) is 0 Å². The monoisotopic (exact) mass is 175 g/mol. The van der Waals surface area contributed by atoms with Gasteiger partial charge in [-0.3, -0.25) is 4.79 Å². The third-order valence-electron chi connectivity index (χ3n) is 1.88. The summed E-state index contributed by atoms with van der Waals surface area (Å²) >= 11 is 0. The van der Waals surface area contributed by atoms with Crippen molar-refractivity contribution in [2.75, 3.05) is 0 Å². The number of hydrogen-bond acceptors (Lipinski definition) is 2. The fraction of sp³-hybridized carbons (Fsp3) is 0.111. The van der Waals surface area contributed by atoms with Gasteiger partial charge in [-0.25, -0.2) is 4.98 Å². The van der Waals surface area contributed by atoms with E-state index in [0.29, 0.717) is 11.4 Å². The topological polar surface area (TPSA) is 50.7 Å². The van der Waals surface area contributed by atoms with Crippen molar-refractivity contribution in [3.05, 3.63) is 41.1 Å². The summed E-state index contributed by atoms with van der Waals surface area (Å²) in [6.07, 6.45) is 5.08. The average Bonchev–Trinajstić information content (AvgIpc) is 2.52. The van der Waals surface area contributed by atoms with Gasteiger partial charge in [-0.2, -0.15) is 0 Å². The van der Waals surface area contributed by atoms with Crippen LogP contribution in [-0.2, 0) is 7.05 Å². The van der Waals surface area contributed by atoms with Crippen molar-refractivity contribution >= 4 is 0 Å². The van der Waals surface area contributed by atoms with Crippen LogP contribution < -0.4 is 5.56 Å². The highest BCUT2D eigenvalue weighted by Gasteiger charge is 2.05. The Hall–Kier alpha value is -1.84. The molecule has 0 unspecified atom stereocenters. The van der Waals surface area contributed by atoms with Crippen molar-refractivity contribution in [2.45, 2.75) is 0 Å². The Morgan fingerprint density at radius 2 is 2.38 bits per heavy atom. The summed E-state index contributed by atoms with van der Waals surface area (Å²) in [6, 6.07) is 3.53. The molecule has 0 atom stereocenters. The third-order valence-corrected chi connectivity index (χ3v) is 1.88. The van der Waals surface area contributed by atoms with Crippen molar-refractivity contribution < 1.29 is 0 Å². The van der Waals surface area contributed by atoms with Gasteiger partial charge in [0.2, 0.25) is 0 Å². The van der Waals surface area contributed by atoms with Crippen LogP contribution in [0.15, 0.2) is 35.5 Å². The van der Waals surface area contributed by atoms with Crippen LogP contribution >= 0.6 is 0 Å². The van der Waals surface area contributed by atoms with Crippen LogP contribution in [0.1, 0.15) is 0 Å². The molecule has 0 aliphatic heterocycles. The molecule has 13 heavy (non-hydrogen) atoms. The lowest BCUT2D eigenvalue weighted by atomic mass is 10.2. The van der Waals surface area contributed by atoms with Crippen LogP contribution in [0, 0.1) is 0 Å². The first kappa shape index (κ1) is 7.79. The predicted molar refractivity (Wildman–Crippen MR) is 49.3 cm³/mol. The van der Waals surface area contributed by atoms with E-state index >= 15 is 0 Å². The lowest BCUT2D eigenvalue weighted by Crippen LogP contribution is -2.09. The highest BCUT2D eigenvalue weighted by Crippen LogP contribution is 2.09. The Labute approximate surface area is 74.9 Å². The zero-order chi connectivity index (χ0) is 9.26. The minimum absolute atomic E-state index is 0.114. The fourth-order valence-corrected chi connectivity index (χ4v) is 1.22. The second-order valence-electron chi connectivity index (χ2n) is 2.77. The summed E-state index contributed by atoms with van der Waals surface area (Å²) in [7, 11) is 1.86. The van der Waals surface area contributed by atoms with E-state index in [9.17, 15) is 4.79 Å². The molecule has 2 aromatic rings. The van der Waals surface area contributed by atoms with Gasteiger partial charge in [0.1, 0.15) is 5.82 Å². The quantitative estimate of drug-likeness (QED) is 0.696. The van der Waals surface area contributed by atoms with E-state index in [2.05, 4.69) is 9.97 Å². The zero-order valence-electron chi connectivity index (χ0n) is 7.19. The van der Waals surface area contributed by atoms with Crippen molar-refractivity contribution in [3.8, 4) is 11.4 Å². The van der Waals surface area contributed by atoms with E-state index in [1.54, 1.807) is 24.5 Å². The molecule has 0 amide bonds. The van der Waals surface area contributed by atoms with Crippen LogP contribution in [0.5, 0.6) is 0 Å². The Kier molecular flexibility index (Phi) is 1.73. The van der Waals surface area contributed by atoms with Crippen molar-refractivity contribution in [3.63, 3.8) is 0 Å². The number of hydrogen-bond donors (Lipinski definition) is 1. The number of aryl methyl sites for hydroxylation is 1. The Morgan fingerprint density at radius 1 is 1.54 bits per heavy atom. The molecule has 2 aromatic heterocycles. The summed E-state index contributed by atoms with van der Waals surface area (Å²) in [5.41, 5.74) is 0.479. The highest BCUT2D eigenvalue weighted by molar-refractivity contribution is 5.53. The van der Waals surface area contributed by atoms with Crippen molar-refractivity contribution in [1.29, 1.82) is 0 Å². The van der Waals surface area contributed by atoms with Crippen molar-refractivity contribution in [2.24, 2.45) is 7.05 Å². The van der Waals surface area contributed by atoms with Crippen LogP contribution in [0.2, 0.25) is 0 Å². The summed E-state index contributed by atoms with van der Waals surface area (Å²) in [6.45, 7) is 0. The fourth-order valence-electron chi connectivity index (χ4n) is 1.22. The van der Waals surface area contributed by atoms with Crippen LogP contribution in [0.4, 0.5) is 0 Å². The molecule has 1 N–H and O–H groups in total. The van der Waals surface area contributed by atoms with Gasteiger partial charge in [-0.05, 0) is 12.1 Å². The number of aromatic amines is 1. The van der Waals surface area contributed by atoms with Gasteiger partial charge in [-0.15, -0.1) is 0 Å². The molecule has 0 bridgehead atoms. The lowest BCUT2D eigenvalue weighted by Gasteiger charge is -1.98. The van der Waals surface area contributed by atoms with E-state index in [1.807, 2.05) is 17.8 Å². The van der Waals surface area contributed by atoms with Gasteiger partial charge in [0.15, 0.2) is 0 Å². The van der Waals surface area contributed by atoms with Gasteiger partial charge >= 0.3 is 0 Å². The van der Waals surface area contributed by atoms with Crippen molar-refractivity contribution in [1.82, 2.24) is 14.5 Å². The number of nitrogens with one attached hydrogen (secondary N) is 1. The first-order valence-corrected chi connectivity index (χ1v) is 3.94. The van der Waals surface area contributed by atoms with Gasteiger partial charge < -0.3 is 9.55 Å². The molecular weight excluding hydrogens is 166 g/mol. The summed E-state index contributed by atoms with van der Waals surface area (Å²) < 4.78 is 1.81. The highest BCUT2D eigenvalue weighted by atomic mass is 16.1. The largest absolute Gasteiger partial charge is 0.334 e. The summed E-state index contributed by atoms with van der Waals surface area (Å²) in [4.78, 5) is 18.1. The molecule has 0 aliphatic carbocycles. The maximum atomic E-state index is 11.4. The first-order valence-electron chi connectivity index (χ1n) is 3.94. The maximum Gasteiger partial charge on any atom is 0.258 e. The smallest absolute Gasteiger partial charge is 0.258 e. The van der Waals surface area contributed by atoms with E-state index in [-0.39, 0.29) is 5.56 Å². The Balaban J connectivity index is 2.66. The van der Waals surface area contributed by atoms with E-state index in [0.717, 1.165) is 0 Å². The molecule has 4 nitrogen and oxygen atoms in total. The average molecular weight is 175 g/mol. The predicted octanol–water partition coefficient (Wildman–Crippen LogP) is 0.775. The summed E-state index contributed by atoms with van der Waals surface area (Å²) in [5, 5.41) is 0. The molecule has 0 spiro atoms.